The van der Waals surface area contributed by atoms with Crippen molar-refractivity contribution in [3.05, 3.63) is 54.6 Å². The maximum absolute atomic E-state index is 13.5. The molecule has 0 spiro atoms. The van der Waals surface area contributed by atoms with E-state index in [1.165, 1.54) is 5.69 Å². The molecule has 1 aromatic heterocycles. The lowest BCUT2D eigenvalue weighted by Crippen LogP contribution is -2.52. The van der Waals surface area contributed by atoms with E-state index >= 15 is 0 Å². The van der Waals surface area contributed by atoms with E-state index in [9.17, 15) is 4.79 Å². The first-order valence-corrected chi connectivity index (χ1v) is 12.5. The molecule has 2 aliphatic heterocycles. The van der Waals surface area contributed by atoms with Crippen LogP contribution in [0, 0.1) is 5.92 Å². The Bertz CT molecular complexity index is 1110. The summed E-state index contributed by atoms with van der Waals surface area (Å²) in [6.45, 7) is 7.49. The van der Waals surface area contributed by atoms with Crippen molar-refractivity contribution in [3.63, 3.8) is 0 Å². The summed E-state index contributed by atoms with van der Waals surface area (Å²) in [5.41, 5.74) is 2.91. The number of piperidine rings is 1. The molecule has 0 aliphatic carbocycles. The SMILES string of the molecule is CCCOc1nc2ccccc2nc1N1CCC[C@H](C(=O)N2CCN(c3ccccc3)CC2)C1. The monoisotopic (exact) mass is 459 g/mol. The highest BCUT2D eigenvalue weighted by molar-refractivity contribution is 5.81. The van der Waals surface area contributed by atoms with Crippen LogP contribution in [0.4, 0.5) is 11.5 Å². The molecular formula is C27H33N5O2. The maximum atomic E-state index is 13.5. The molecule has 0 N–H and O–H groups in total. The largest absolute Gasteiger partial charge is 0.475 e. The number of hydrogen-bond acceptors (Lipinski definition) is 6. The highest BCUT2D eigenvalue weighted by atomic mass is 16.5. The van der Waals surface area contributed by atoms with Gasteiger partial charge in [0.15, 0.2) is 5.82 Å². The summed E-state index contributed by atoms with van der Waals surface area (Å²) in [7, 11) is 0. The van der Waals surface area contributed by atoms with Crippen molar-refractivity contribution in [3.8, 4) is 5.88 Å². The zero-order valence-electron chi connectivity index (χ0n) is 19.9. The van der Waals surface area contributed by atoms with Gasteiger partial charge in [-0.15, -0.1) is 0 Å². The second kappa shape index (κ2) is 10.3. The maximum Gasteiger partial charge on any atom is 0.258 e. The average molecular weight is 460 g/mol. The molecule has 2 saturated heterocycles. The second-order valence-electron chi connectivity index (χ2n) is 9.12. The van der Waals surface area contributed by atoms with Crippen molar-refractivity contribution in [2.75, 3.05) is 55.7 Å². The highest BCUT2D eigenvalue weighted by Gasteiger charge is 2.33. The molecule has 2 aromatic carbocycles. The lowest BCUT2D eigenvalue weighted by Gasteiger charge is -2.40. The van der Waals surface area contributed by atoms with E-state index in [2.05, 4.69) is 41.0 Å². The first-order chi connectivity index (χ1) is 16.7. The Kier molecular flexibility index (Phi) is 6.79. The molecule has 7 nitrogen and oxygen atoms in total. The van der Waals surface area contributed by atoms with Gasteiger partial charge in [0.1, 0.15) is 0 Å². The third-order valence-electron chi connectivity index (χ3n) is 6.75. The number of aromatic nitrogens is 2. The number of rotatable bonds is 6. The molecule has 3 aromatic rings. The first kappa shape index (κ1) is 22.4. The number of hydrogen-bond donors (Lipinski definition) is 0. The normalized spacial score (nSPS) is 18.9. The van der Waals surface area contributed by atoms with Crippen LogP contribution in [0.2, 0.25) is 0 Å². The Balaban J connectivity index is 1.28. The van der Waals surface area contributed by atoms with Crippen molar-refractivity contribution in [1.29, 1.82) is 0 Å². The minimum absolute atomic E-state index is 0.0238. The van der Waals surface area contributed by atoms with Gasteiger partial charge in [0, 0.05) is 45.0 Å². The van der Waals surface area contributed by atoms with E-state index in [1.54, 1.807) is 0 Å². The molecule has 34 heavy (non-hydrogen) atoms. The van der Waals surface area contributed by atoms with Gasteiger partial charge in [0.05, 0.1) is 23.6 Å². The van der Waals surface area contributed by atoms with Gasteiger partial charge < -0.3 is 19.4 Å². The van der Waals surface area contributed by atoms with Gasteiger partial charge in [0.25, 0.3) is 5.88 Å². The van der Waals surface area contributed by atoms with E-state index in [-0.39, 0.29) is 11.8 Å². The fourth-order valence-electron chi connectivity index (χ4n) is 4.93. The average Bonchev–Trinajstić information content (AvgIpc) is 2.91. The summed E-state index contributed by atoms with van der Waals surface area (Å²) in [6.07, 6.45) is 2.78. The van der Waals surface area contributed by atoms with Crippen LogP contribution in [0.1, 0.15) is 26.2 Å². The summed E-state index contributed by atoms with van der Waals surface area (Å²) in [6, 6.07) is 18.3. The van der Waals surface area contributed by atoms with Gasteiger partial charge in [-0.3, -0.25) is 4.79 Å². The number of ether oxygens (including phenoxy) is 1. The van der Waals surface area contributed by atoms with E-state index in [4.69, 9.17) is 14.7 Å². The minimum atomic E-state index is -0.0238. The van der Waals surface area contributed by atoms with Crippen molar-refractivity contribution >= 4 is 28.4 Å². The highest BCUT2D eigenvalue weighted by Crippen LogP contribution is 2.31. The summed E-state index contributed by atoms with van der Waals surface area (Å²) >= 11 is 0. The number of nitrogens with zero attached hydrogens (tertiary/aromatic N) is 5. The van der Waals surface area contributed by atoms with Crippen LogP contribution in [-0.4, -0.2) is 66.7 Å². The van der Waals surface area contributed by atoms with Crippen LogP contribution in [-0.2, 0) is 4.79 Å². The zero-order chi connectivity index (χ0) is 23.3. The number of benzene rings is 2. The van der Waals surface area contributed by atoms with Gasteiger partial charge in [-0.1, -0.05) is 37.3 Å². The minimum Gasteiger partial charge on any atom is -0.475 e. The molecule has 0 unspecified atom stereocenters. The molecule has 1 atom stereocenters. The number of amides is 1. The fraction of sp³-hybridized carbons (Fsp3) is 0.444. The number of piperazine rings is 1. The third kappa shape index (κ3) is 4.79. The number of fused-ring (bicyclic) bond motifs is 1. The molecule has 0 radical (unpaired) electrons. The van der Waals surface area contributed by atoms with Crippen LogP contribution >= 0.6 is 0 Å². The molecule has 0 saturated carbocycles. The van der Waals surface area contributed by atoms with E-state index < -0.39 is 0 Å². The summed E-state index contributed by atoms with van der Waals surface area (Å²) < 4.78 is 6.00. The van der Waals surface area contributed by atoms with Crippen molar-refractivity contribution in [2.45, 2.75) is 26.2 Å². The smallest absolute Gasteiger partial charge is 0.258 e. The predicted octanol–water partition coefficient (Wildman–Crippen LogP) is 3.98. The van der Waals surface area contributed by atoms with Gasteiger partial charge in [-0.25, -0.2) is 9.97 Å². The van der Waals surface area contributed by atoms with Crippen molar-refractivity contribution in [2.24, 2.45) is 5.92 Å². The number of carbonyl (C=O) groups excluding carboxylic acids is 1. The molecule has 5 rings (SSSR count). The summed E-state index contributed by atoms with van der Waals surface area (Å²) in [4.78, 5) is 29.7. The molecule has 2 fully saturated rings. The number of carbonyl (C=O) groups is 1. The van der Waals surface area contributed by atoms with Crippen LogP contribution in [0.3, 0.4) is 0 Å². The zero-order valence-corrected chi connectivity index (χ0v) is 19.9. The quantitative estimate of drug-likeness (QED) is 0.556. The fourth-order valence-corrected chi connectivity index (χ4v) is 4.93. The lowest BCUT2D eigenvalue weighted by molar-refractivity contribution is -0.136. The molecule has 3 heterocycles. The van der Waals surface area contributed by atoms with Gasteiger partial charge in [0.2, 0.25) is 5.91 Å². The van der Waals surface area contributed by atoms with Crippen molar-refractivity contribution in [1.82, 2.24) is 14.9 Å². The Hall–Kier alpha value is -3.35. The molecule has 1 amide bonds. The first-order valence-electron chi connectivity index (χ1n) is 12.5. The van der Waals surface area contributed by atoms with Crippen LogP contribution in [0.5, 0.6) is 5.88 Å². The van der Waals surface area contributed by atoms with E-state index in [0.29, 0.717) is 19.0 Å². The predicted molar refractivity (Wildman–Crippen MR) is 135 cm³/mol. The van der Waals surface area contributed by atoms with Crippen LogP contribution in [0.15, 0.2) is 54.6 Å². The Morgan fingerprint density at radius 1 is 0.912 bits per heavy atom. The number of para-hydroxylation sites is 3. The Morgan fingerprint density at radius 3 is 2.35 bits per heavy atom. The van der Waals surface area contributed by atoms with E-state index in [0.717, 1.165) is 68.8 Å². The Morgan fingerprint density at radius 2 is 1.62 bits per heavy atom. The molecule has 7 heteroatoms. The van der Waals surface area contributed by atoms with Crippen molar-refractivity contribution < 1.29 is 9.53 Å². The standard InChI is InChI=1S/C27H33N5O2/c1-2-19-34-26-25(28-23-12-6-7-13-24(23)29-26)32-14-8-9-21(20-32)27(33)31-17-15-30(16-18-31)22-10-4-3-5-11-22/h3-7,10-13,21H,2,8-9,14-20H2,1H3/t21-/m0/s1. The molecule has 0 bridgehead atoms. The summed E-state index contributed by atoms with van der Waals surface area (Å²) in [5, 5.41) is 0. The molecular weight excluding hydrogens is 426 g/mol. The Labute approximate surface area is 201 Å². The van der Waals surface area contributed by atoms with Gasteiger partial charge in [-0.05, 0) is 43.5 Å². The lowest BCUT2D eigenvalue weighted by atomic mass is 9.96. The van der Waals surface area contributed by atoms with Gasteiger partial charge >= 0.3 is 0 Å². The second-order valence-corrected chi connectivity index (χ2v) is 9.12. The van der Waals surface area contributed by atoms with Crippen LogP contribution in [0.25, 0.3) is 11.0 Å². The van der Waals surface area contributed by atoms with Gasteiger partial charge in [-0.2, -0.15) is 0 Å². The topological polar surface area (TPSA) is 61.8 Å². The van der Waals surface area contributed by atoms with Crippen LogP contribution < -0.4 is 14.5 Å². The molecule has 178 valence electrons. The van der Waals surface area contributed by atoms with E-state index in [1.807, 2.05) is 35.2 Å². The number of anilines is 2. The third-order valence-corrected chi connectivity index (χ3v) is 6.75. The summed E-state index contributed by atoms with van der Waals surface area (Å²) in [5.74, 6) is 1.58. The molecule has 2 aliphatic rings.